The fourth-order valence-electron chi connectivity index (χ4n) is 1.86. The molecule has 2 amide bonds. The van der Waals surface area contributed by atoms with Crippen LogP contribution in [0.3, 0.4) is 0 Å². The second-order valence-electron chi connectivity index (χ2n) is 4.65. The van der Waals surface area contributed by atoms with E-state index in [-0.39, 0.29) is 24.3 Å². The van der Waals surface area contributed by atoms with Crippen LogP contribution in [0.2, 0.25) is 0 Å². The second-order valence-corrected chi connectivity index (χ2v) is 4.65. The third kappa shape index (κ3) is 4.73. The molecule has 6 heteroatoms. The highest BCUT2D eigenvalue weighted by molar-refractivity contribution is 5.85. The minimum atomic E-state index is -0.816. The summed E-state index contributed by atoms with van der Waals surface area (Å²) in [6.45, 7) is 2.88. The van der Waals surface area contributed by atoms with Crippen molar-refractivity contribution in [2.75, 3.05) is 19.6 Å². The Morgan fingerprint density at radius 2 is 2.22 bits per heavy atom. The predicted molar refractivity (Wildman–Crippen MR) is 64.9 cm³/mol. The summed E-state index contributed by atoms with van der Waals surface area (Å²) in [6, 6.07) is 0. The van der Waals surface area contributed by atoms with Crippen molar-refractivity contribution in [2.45, 2.75) is 32.6 Å². The number of nitrogens with zero attached hydrogens (tertiary/aromatic N) is 1. The SMILES string of the molecule is CC(CCCNC(=O)CN1CCCC1=O)C(=O)O. The van der Waals surface area contributed by atoms with Gasteiger partial charge in [0.05, 0.1) is 12.5 Å². The van der Waals surface area contributed by atoms with Crippen LogP contribution in [0.4, 0.5) is 0 Å². The maximum absolute atomic E-state index is 11.5. The smallest absolute Gasteiger partial charge is 0.306 e. The third-order valence-corrected chi connectivity index (χ3v) is 3.06. The third-order valence-electron chi connectivity index (χ3n) is 3.06. The number of likely N-dealkylation sites (tertiary alicyclic amines) is 1. The number of hydrogen-bond donors (Lipinski definition) is 2. The summed E-state index contributed by atoms with van der Waals surface area (Å²) >= 11 is 0. The molecule has 0 saturated carbocycles. The zero-order chi connectivity index (χ0) is 13.5. The van der Waals surface area contributed by atoms with E-state index in [4.69, 9.17) is 5.11 Å². The van der Waals surface area contributed by atoms with Crippen molar-refractivity contribution in [3.05, 3.63) is 0 Å². The van der Waals surface area contributed by atoms with Crippen molar-refractivity contribution in [3.63, 3.8) is 0 Å². The van der Waals surface area contributed by atoms with Crippen LogP contribution in [-0.2, 0) is 14.4 Å². The summed E-state index contributed by atoms with van der Waals surface area (Å²) in [5.41, 5.74) is 0. The van der Waals surface area contributed by atoms with Gasteiger partial charge in [0.25, 0.3) is 0 Å². The highest BCUT2D eigenvalue weighted by Crippen LogP contribution is 2.08. The lowest BCUT2D eigenvalue weighted by atomic mass is 10.1. The predicted octanol–water partition coefficient (Wildman–Crippen LogP) is 0.226. The normalized spacial score (nSPS) is 16.7. The van der Waals surface area contributed by atoms with Crippen molar-refractivity contribution in [2.24, 2.45) is 5.92 Å². The van der Waals surface area contributed by atoms with Crippen LogP contribution in [0.15, 0.2) is 0 Å². The van der Waals surface area contributed by atoms with Gasteiger partial charge < -0.3 is 15.3 Å². The van der Waals surface area contributed by atoms with Gasteiger partial charge in [-0.2, -0.15) is 0 Å². The molecule has 1 unspecified atom stereocenters. The van der Waals surface area contributed by atoms with Gasteiger partial charge in [0.2, 0.25) is 11.8 Å². The Hall–Kier alpha value is -1.59. The van der Waals surface area contributed by atoms with Crippen LogP contribution in [-0.4, -0.2) is 47.4 Å². The van der Waals surface area contributed by atoms with Crippen LogP contribution in [0, 0.1) is 5.92 Å². The molecule has 0 spiro atoms. The van der Waals surface area contributed by atoms with E-state index in [1.807, 2.05) is 0 Å². The summed E-state index contributed by atoms with van der Waals surface area (Å²) in [6.07, 6.45) is 2.52. The molecule has 0 aromatic rings. The van der Waals surface area contributed by atoms with Gasteiger partial charge in [0.15, 0.2) is 0 Å². The van der Waals surface area contributed by atoms with Crippen LogP contribution in [0.5, 0.6) is 0 Å². The number of hydrogen-bond acceptors (Lipinski definition) is 3. The molecule has 0 aromatic heterocycles. The molecule has 1 heterocycles. The van der Waals surface area contributed by atoms with Crippen molar-refractivity contribution in [1.82, 2.24) is 10.2 Å². The van der Waals surface area contributed by atoms with Crippen molar-refractivity contribution < 1.29 is 19.5 Å². The lowest BCUT2D eigenvalue weighted by Gasteiger charge is -2.15. The molecule has 0 aromatic carbocycles. The number of carboxylic acid groups (broad SMARTS) is 1. The molecule has 1 atom stereocenters. The van der Waals surface area contributed by atoms with Gasteiger partial charge >= 0.3 is 5.97 Å². The summed E-state index contributed by atoms with van der Waals surface area (Å²) in [5, 5.41) is 11.4. The maximum atomic E-state index is 11.5. The van der Waals surface area contributed by atoms with Crippen LogP contribution >= 0.6 is 0 Å². The fraction of sp³-hybridized carbons (Fsp3) is 0.750. The first-order chi connectivity index (χ1) is 8.50. The van der Waals surface area contributed by atoms with Gasteiger partial charge in [-0.05, 0) is 19.3 Å². The van der Waals surface area contributed by atoms with Gasteiger partial charge in [0, 0.05) is 19.5 Å². The molecule has 1 fully saturated rings. The van der Waals surface area contributed by atoms with Gasteiger partial charge in [-0.3, -0.25) is 14.4 Å². The lowest BCUT2D eigenvalue weighted by Crippen LogP contribution is -2.38. The van der Waals surface area contributed by atoms with Gasteiger partial charge in [-0.25, -0.2) is 0 Å². The molecule has 0 aliphatic carbocycles. The lowest BCUT2D eigenvalue weighted by molar-refractivity contribution is -0.141. The Morgan fingerprint density at radius 1 is 1.50 bits per heavy atom. The Labute approximate surface area is 106 Å². The molecule has 1 aliphatic rings. The minimum Gasteiger partial charge on any atom is -0.481 e. The zero-order valence-corrected chi connectivity index (χ0v) is 10.6. The average Bonchev–Trinajstić information content (AvgIpc) is 2.70. The quantitative estimate of drug-likeness (QED) is 0.638. The van der Waals surface area contributed by atoms with Gasteiger partial charge in [-0.1, -0.05) is 6.92 Å². The summed E-state index contributed by atoms with van der Waals surface area (Å²) in [4.78, 5) is 34.9. The number of rotatable bonds is 7. The Bertz CT molecular complexity index is 330. The average molecular weight is 256 g/mol. The topological polar surface area (TPSA) is 86.7 Å². The molecule has 0 bridgehead atoms. The first-order valence-electron chi connectivity index (χ1n) is 6.28. The Balaban J connectivity index is 2.10. The standard InChI is InChI=1S/C12H20N2O4/c1-9(12(17)18)4-2-6-13-10(15)8-14-7-3-5-11(14)16/h9H,2-8H2,1H3,(H,13,15)(H,17,18). The second kappa shape index (κ2) is 6.98. The molecule has 102 valence electrons. The Kier molecular flexibility index (Phi) is 5.61. The van der Waals surface area contributed by atoms with E-state index in [0.29, 0.717) is 32.4 Å². The van der Waals surface area contributed by atoms with E-state index in [2.05, 4.69) is 5.32 Å². The summed E-state index contributed by atoms with van der Waals surface area (Å²) in [7, 11) is 0. The van der Waals surface area contributed by atoms with Crippen LogP contribution < -0.4 is 5.32 Å². The molecule has 1 rings (SSSR count). The van der Waals surface area contributed by atoms with E-state index in [1.54, 1.807) is 11.8 Å². The number of carbonyl (C=O) groups is 3. The van der Waals surface area contributed by atoms with E-state index in [1.165, 1.54) is 0 Å². The largest absolute Gasteiger partial charge is 0.481 e. The molecule has 0 radical (unpaired) electrons. The first kappa shape index (κ1) is 14.5. The van der Waals surface area contributed by atoms with E-state index >= 15 is 0 Å². The molecule has 6 nitrogen and oxygen atoms in total. The maximum Gasteiger partial charge on any atom is 0.306 e. The monoisotopic (exact) mass is 256 g/mol. The van der Waals surface area contributed by atoms with Crippen molar-refractivity contribution in [3.8, 4) is 0 Å². The van der Waals surface area contributed by atoms with Crippen molar-refractivity contribution in [1.29, 1.82) is 0 Å². The van der Waals surface area contributed by atoms with Gasteiger partial charge in [-0.15, -0.1) is 0 Å². The molecule has 18 heavy (non-hydrogen) atoms. The first-order valence-corrected chi connectivity index (χ1v) is 6.28. The number of carbonyl (C=O) groups excluding carboxylic acids is 2. The summed E-state index contributed by atoms with van der Waals surface area (Å²) < 4.78 is 0. The summed E-state index contributed by atoms with van der Waals surface area (Å²) in [5.74, 6) is -1.34. The molecular weight excluding hydrogens is 236 g/mol. The number of aliphatic carboxylic acids is 1. The molecular formula is C12H20N2O4. The number of nitrogens with one attached hydrogen (secondary N) is 1. The molecule has 1 aliphatic heterocycles. The Morgan fingerprint density at radius 3 is 2.78 bits per heavy atom. The zero-order valence-electron chi connectivity index (χ0n) is 10.6. The number of amides is 2. The fourth-order valence-corrected chi connectivity index (χ4v) is 1.86. The number of carboxylic acids is 1. The molecule has 1 saturated heterocycles. The highest BCUT2D eigenvalue weighted by atomic mass is 16.4. The van der Waals surface area contributed by atoms with Crippen LogP contribution in [0.25, 0.3) is 0 Å². The van der Waals surface area contributed by atoms with E-state index in [0.717, 1.165) is 6.42 Å². The van der Waals surface area contributed by atoms with E-state index < -0.39 is 5.97 Å². The van der Waals surface area contributed by atoms with E-state index in [9.17, 15) is 14.4 Å². The van der Waals surface area contributed by atoms with Crippen LogP contribution in [0.1, 0.15) is 32.6 Å². The van der Waals surface area contributed by atoms with Crippen molar-refractivity contribution >= 4 is 17.8 Å². The molecule has 2 N–H and O–H groups in total. The minimum absolute atomic E-state index is 0.0321. The van der Waals surface area contributed by atoms with Gasteiger partial charge in [0.1, 0.15) is 0 Å². The highest BCUT2D eigenvalue weighted by Gasteiger charge is 2.22.